The topological polar surface area (TPSA) is 67.9 Å². The fraction of sp³-hybridized carbons (Fsp3) is 0.333. The lowest BCUT2D eigenvalue weighted by Crippen LogP contribution is -2.49. The average molecular weight is 290 g/mol. The zero-order chi connectivity index (χ0) is 15.2. The van der Waals surface area contributed by atoms with Crippen molar-refractivity contribution in [3.63, 3.8) is 0 Å². The van der Waals surface area contributed by atoms with Gasteiger partial charge in [-0.2, -0.15) is 0 Å². The number of hydrogen-bond donors (Lipinski definition) is 1. The summed E-state index contributed by atoms with van der Waals surface area (Å²) in [6.07, 6.45) is 1.63. The summed E-state index contributed by atoms with van der Waals surface area (Å²) < 4.78 is 10.7. The van der Waals surface area contributed by atoms with E-state index in [0.717, 1.165) is 0 Å². The number of ether oxygens (including phenoxy) is 2. The van der Waals surface area contributed by atoms with Gasteiger partial charge in [-0.3, -0.25) is 9.59 Å². The van der Waals surface area contributed by atoms with E-state index in [1.54, 1.807) is 24.3 Å². The summed E-state index contributed by atoms with van der Waals surface area (Å²) >= 11 is 0. The molecule has 0 radical (unpaired) electrons. The fourth-order valence-electron chi connectivity index (χ4n) is 2.06. The Labute approximate surface area is 123 Å². The van der Waals surface area contributed by atoms with Gasteiger partial charge in [-0.25, -0.2) is 0 Å². The average Bonchev–Trinajstić information content (AvgIpc) is 2.52. The van der Waals surface area contributed by atoms with Crippen molar-refractivity contribution >= 4 is 11.8 Å². The van der Waals surface area contributed by atoms with Gasteiger partial charge in [0, 0.05) is 18.7 Å². The van der Waals surface area contributed by atoms with Crippen LogP contribution in [0.2, 0.25) is 0 Å². The molecule has 2 rings (SSSR count). The van der Waals surface area contributed by atoms with Crippen molar-refractivity contribution in [1.29, 1.82) is 0 Å². The van der Waals surface area contributed by atoms with Gasteiger partial charge in [-0.15, -0.1) is 0 Å². The first-order chi connectivity index (χ1) is 10.2. The van der Waals surface area contributed by atoms with Gasteiger partial charge < -0.3 is 19.7 Å². The molecule has 1 aliphatic rings. The van der Waals surface area contributed by atoms with E-state index in [0.29, 0.717) is 36.8 Å². The van der Waals surface area contributed by atoms with Crippen molar-refractivity contribution in [2.75, 3.05) is 33.4 Å². The number of amides is 2. The molecule has 0 saturated carbocycles. The number of nitrogens with one attached hydrogen (secondary N) is 1. The lowest BCUT2D eigenvalue weighted by atomic mass is 10.1. The molecule has 2 amide bonds. The van der Waals surface area contributed by atoms with Crippen LogP contribution < -0.4 is 14.8 Å². The normalized spacial score (nSPS) is 14.3. The van der Waals surface area contributed by atoms with Crippen LogP contribution in [0.5, 0.6) is 11.5 Å². The van der Waals surface area contributed by atoms with Gasteiger partial charge in [-0.1, -0.05) is 12.7 Å². The van der Waals surface area contributed by atoms with E-state index in [4.69, 9.17) is 9.47 Å². The second-order valence-electron chi connectivity index (χ2n) is 4.54. The van der Waals surface area contributed by atoms with Crippen LogP contribution in [0.3, 0.4) is 0 Å². The molecule has 1 aromatic rings. The Morgan fingerprint density at radius 1 is 1.48 bits per heavy atom. The fourth-order valence-corrected chi connectivity index (χ4v) is 2.06. The van der Waals surface area contributed by atoms with Gasteiger partial charge in [0.1, 0.15) is 6.61 Å². The van der Waals surface area contributed by atoms with E-state index in [-0.39, 0.29) is 18.4 Å². The minimum atomic E-state index is -0.196. The molecule has 0 unspecified atom stereocenters. The first kappa shape index (κ1) is 14.9. The molecule has 112 valence electrons. The zero-order valence-corrected chi connectivity index (χ0v) is 11.9. The molecule has 0 atom stereocenters. The molecule has 1 N–H and O–H groups in total. The monoisotopic (exact) mass is 290 g/mol. The van der Waals surface area contributed by atoms with E-state index < -0.39 is 0 Å². The molecular weight excluding hydrogens is 272 g/mol. The smallest absolute Gasteiger partial charge is 0.254 e. The third-order valence-corrected chi connectivity index (χ3v) is 3.09. The van der Waals surface area contributed by atoms with Crippen molar-refractivity contribution in [2.24, 2.45) is 0 Å². The SMILES string of the molecule is C=CCOc1ccc(C(=O)N2CCNC(=O)C2)cc1OC. The third-order valence-electron chi connectivity index (χ3n) is 3.09. The van der Waals surface area contributed by atoms with E-state index in [1.165, 1.54) is 12.0 Å². The highest BCUT2D eigenvalue weighted by atomic mass is 16.5. The third kappa shape index (κ3) is 3.53. The maximum Gasteiger partial charge on any atom is 0.254 e. The summed E-state index contributed by atoms with van der Waals surface area (Å²) in [5.41, 5.74) is 0.465. The Bertz CT molecular complexity index is 557. The molecule has 1 aliphatic heterocycles. The van der Waals surface area contributed by atoms with Crippen LogP contribution in [0.4, 0.5) is 0 Å². The van der Waals surface area contributed by atoms with Gasteiger partial charge in [0.2, 0.25) is 5.91 Å². The molecule has 0 aromatic heterocycles. The first-order valence-corrected chi connectivity index (χ1v) is 6.63. The molecule has 21 heavy (non-hydrogen) atoms. The summed E-state index contributed by atoms with van der Waals surface area (Å²) in [7, 11) is 1.51. The van der Waals surface area contributed by atoms with Crippen LogP contribution in [0.1, 0.15) is 10.4 Å². The molecule has 1 aromatic carbocycles. The molecule has 0 spiro atoms. The zero-order valence-electron chi connectivity index (χ0n) is 11.9. The highest BCUT2D eigenvalue weighted by molar-refractivity contribution is 5.97. The van der Waals surface area contributed by atoms with Crippen molar-refractivity contribution in [1.82, 2.24) is 10.2 Å². The van der Waals surface area contributed by atoms with Crippen molar-refractivity contribution in [2.45, 2.75) is 0 Å². The summed E-state index contributed by atoms with van der Waals surface area (Å²) in [5.74, 6) is 0.681. The van der Waals surface area contributed by atoms with Crippen LogP contribution in [-0.4, -0.2) is 50.1 Å². The number of methoxy groups -OCH3 is 1. The molecule has 1 fully saturated rings. The van der Waals surface area contributed by atoms with Crippen molar-refractivity contribution < 1.29 is 19.1 Å². The molecule has 0 bridgehead atoms. The Balaban J connectivity index is 2.17. The van der Waals surface area contributed by atoms with Gasteiger partial charge in [-0.05, 0) is 18.2 Å². The van der Waals surface area contributed by atoms with Crippen molar-refractivity contribution in [3.8, 4) is 11.5 Å². The van der Waals surface area contributed by atoms with E-state index in [1.807, 2.05) is 0 Å². The highest BCUT2D eigenvalue weighted by Gasteiger charge is 2.23. The Kier molecular flexibility index (Phi) is 4.81. The number of nitrogens with zero attached hydrogens (tertiary/aromatic N) is 1. The molecule has 1 saturated heterocycles. The number of rotatable bonds is 5. The maximum absolute atomic E-state index is 12.4. The molecule has 6 nitrogen and oxygen atoms in total. The summed E-state index contributed by atoms with van der Waals surface area (Å²) in [6, 6.07) is 4.96. The minimum Gasteiger partial charge on any atom is -0.493 e. The van der Waals surface area contributed by atoms with Crippen LogP contribution in [0.15, 0.2) is 30.9 Å². The van der Waals surface area contributed by atoms with Crippen LogP contribution in [-0.2, 0) is 4.79 Å². The van der Waals surface area contributed by atoms with Gasteiger partial charge in [0.05, 0.1) is 13.7 Å². The number of carbonyl (C=O) groups excluding carboxylic acids is 2. The van der Waals surface area contributed by atoms with Gasteiger partial charge in [0.25, 0.3) is 5.91 Å². The number of benzene rings is 1. The summed E-state index contributed by atoms with van der Waals surface area (Å²) in [4.78, 5) is 25.2. The Hall–Kier alpha value is -2.50. The Morgan fingerprint density at radius 2 is 2.29 bits per heavy atom. The van der Waals surface area contributed by atoms with Crippen LogP contribution in [0.25, 0.3) is 0 Å². The van der Waals surface area contributed by atoms with Crippen LogP contribution in [0, 0.1) is 0 Å². The highest BCUT2D eigenvalue weighted by Crippen LogP contribution is 2.28. The van der Waals surface area contributed by atoms with Gasteiger partial charge >= 0.3 is 0 Å². The standard InChI is InChI=1S/C15H18N2O4/c1-3-8-21-12-5-4-11(9-13(12)20-2)15(19)17-7-6-16-14(18)10-17/h3-5,9H,1,6-8,10H2,2H3,(H,16,18). The van der Waals surface area contributed by atoms with E-state index >= 15 is 0 Å². The second-order valence-corrected chi connectivity index (χ2v) is 4.54. The maximum atomic E-state index is 12.4. The molecular formula is C15H18N2O4. The summed E-state index contributed by atoms with van der Waals surface area (Å²) in [5, 5.41) is 2.69. The van der Waals surface area contributed by atoms with E-state index in [2.05, 4.69) is 11.9 Å². The molecule has 6 heteroatoms. The lowest BCUT2D eigenvalue weighted by molar-refractivity contribution is -0.123. The molecule has 0 aliphatic carbocycles. The Morgan fingerprint density at radius 3 is 2.95 bits per heavy atom. The van der Waals surface area contributed by atoms with Crippen molar-refractivity contribution in [3.05, 3.63) is 36.4 Å². The number of hydrogen-bond acceptors (Lipinski definition) is 4. The number of carbonyl (C=O) groups is 2. The quantitative estimate of drug-likeness (QED) is 0.816. The second kappa shape index (κ2) is 6.78. The predicted molar refractivity (Wildman–Crippen MR) is 77.6 cm³/mol. The van der Waals surface area contributed by atoms with Gasteiger partial charge in [0.15, 0.2) is 11.5 Å². The lowest BCUT2D eigenvalue weighted by Gasteiger charge is -2.26. The first-order valence-electron chi connectivity index (χ1n) is 6.63. The number of piperazine rings is 1. The van der Waals surface area contributed by atoms with Crippen LogP contribution >= 0.6 is 0 Å². The molecule has 1 heterocycles. The summed E-state index contributed by atoms with van der Waals surface area (Å²) in [6.45, 7) is 4.99. The minimum absolute atomic E-state index is 0.0792. The largest absolute Gasteiger partial charge is 0.493 e. The predicted octanol–water partition coefficient (Wildman–Crippen LogP) is 0.832. The van der Waals surface area contributed by atoms with E-state index in [9.17, 15) is 9.59 Å².